The number of carbonyl (C=O) groups is 1. The maximum Gasteiger partial charge on any atom is 0.407 e. The Morgan fingerprint density at radius 1 is 1.24 bits per heavy atom. The fourth-order valence-electron chi connectivity index (χ4n) is 2.45. The predicted molar refractivity (Wildman–Crippen MR) is 99.7 cm³/mol. The first kappa shape index (κ1) is 19.7. The lowest BCUT2D eigenvalue weighted by Gasteiger charge is -2.37. The van der Waals surface area contributed by atoms with Crippen LogP contribution in [0.1, 0.15) is 33.6 Å². The number of alkyl carbamates (subject to hydrolysis) is 1. The molecule has 1 aliphatic rings. The first-order valence-electron chi connectivity index (χ1n) is 7.95. The second-order valence-electron chi connectivity index (χ2n) is 7.22. The van der Waals surface area contributed by atoms with Crippen LogP contribution in [0.3, 0.4) is 0 Å². The van der Waals surface area contributed by atoms with Crippen LogP contribution in [0.4, 0.5) is 16.2 Å². The van der Waals surface area contributed by atoms with Gasteiger partial charge in [0.05, 0.1) is 17.0 Å². The molecule has 0 aliphatic heterocycles. The molecule has 0 atom stereocenters. The topological polar surface area (TPSA) is 96.5 Å². The van der Waals surface area contributed by atoms with Gasteiger partial charge in [-0.3, -0.25) is 4.72 Å². The van der Waals surface area contributed by atoms with Gasteiger partial charge in [-0.05, 0) is 51.8 Å². The van der Waals surface area contributed by atoms with Gasteiger partial charge in [-0.2, -0.15) is 0 Å². The summed E-state index contributed by atoms with van der Waals surface area (Å²) in [5.41, 5.74) is 0.627. The van der Waals surface area contributed by atoms with E-state index in [0.29, 0.717) is 10.7 Å². The molecule has 25 heavy (non-hydrogen) atoms. The van der Waals surface area contributed by atoms with E-state index in [1.54, 1.807) is 18.2 Å². The summed E-state index contributed by atoms with van der Waals surface area (Å²) in [4.78, 5) is 11.7. The fraction of sp³-hybridized carbons (Fsp3) is 0.562. The first-order valence-corrected chi connectivity index (χ1v) is 10.2. The van der Waals surface area contributed by atoms with Gasteiger partial charge in [-0.25, -0.2) is 13.2 Å². The largest absolute Gasteiger partial charge is 0.444 e. The maximum atomic E-state index is 11.7. The summed E-state index contributed by atoms with van der Waals surface area (Å²) >= 11 is 6.10. The molecule has 0 saturated heterocycles. The second kappa shape index (κ2) is 7.29. The Balaban J connectivity index is 1.81. The van der Waals surface area contributed by atoms with Crippen LogP contribution in [-0.2, 0) is 14.8 Å². The van der Waals surface area contributed by atoms with E-state index in [1.165, 1.54) is 0 Å². The van der Waals surface area contributed by atoms with Crippen molar-refractivity contribution in [3.8, 4) is 0 Å². The number of halogens is 1. The summed E-state index contributed by atoms with van der Waals surface area (Å²) in [7, 11) is -3.37. The molecule has 0 unspecified atom stereocenters. The summed E-state index contributed by atoms with van der Waals surface area (Å²) in [5.74, 6) is 0. The van der Waals surface area contributed by atoms with Crippen molar-refractivity contribution < 1.29 is 17.9 Å². The molecule has 9 heteroatoms. The molecule has 1 amide bonds. The fourth-order valence-corrected chi connectivity index (χ4v) is 3.31. The van der Waals surface area contributed by atoms with E-state index in [0.717, 1.165) is 24.8 Å². The predicted octanol–water partition coefficient (Wildman–Crippen LogP) is 3.18. The molecule has 1 saturated carbocycles. The third kappa shape index (κ3) is 6.62. The molecule has 3 N–H and O–H groups in total. The maximum absolute atomic E-state index is 11.7. The number of sulfonamides is 1. The van der Waals surface area contributed by atoms with Crippen LogP contribution < -0.4 is 15.4 Å². The van der Waals surface area contributed by atoms with Crippen molar-refractivity contribution in [3.63, 3.8) is 0 Å². The molecule has 2 rings (SSSR count). The number of benzene rings is 1. The lowest BCUT2D eigenvalue weighted by molar-refractivity contribution is 0.0475. The van der Waals surface area contributed by atoms with Gasteiger partial charge in [-0.1, -0.05) is 11.6 Å². The smallest absolute Gasteiger partial charge is 0.407 e. The summed E-state index contributed by atoms with van der Waals surface area (Å²) in [6.45, 7) is 5.47. The van der Waals surface area contributed by atoms with Crippen molar-refractivity contribution in [2.75, 3.05) is 16.3 Å². The van der Waals surface area contributed by atoms with E-state index < -0.39 is 21.7 Å². The molecule has 7 nitrogen and oxygen atoms in total. The van der Waals surface area contributed by atoms with Crippen LogP contribution in [0.2, 0.25) is 5.02 Å². The van der Waals surface area contributed by atoms with Gasteiger partial charge in [0.2, 0.25) is 10.0 Å². The SMILES string of the molecule is CC(C)(C)OC(=O)NC1CC(Nc2ccc(NS(C)(=O)=O)c(Cl)c2)C1. The van der Waals surface area contributed by atoms with E-state index in [2.05, 4.69) is 15.4 Å². The number of nitrogens with one attached hydrogen (secondary N) is 3. The normalized spacial score (nSPS) is 20.4. The number of hydrogen-bond donors (Lipinski definition) is 3. The van der Waals surface area contributed by atoms with Gasteiger partial charge in [-0.15, -0.1) is 0 Å². The quantitative estimate of drug-likeness (QED) is 0.718. The Labute approximate surface area is 153 Å². The molecule has 1 aromatic rings. The summed E-state index contributed by atoms with van der Waals surface area (Å²) in [6, 6.07) is 5.33. The van der Waals surface area contributed by atoms with Crippen LogP contribution in [0.25, 0.3) is 0 Å². The molecule has 1 aromatic carbocycles. The van der Waals surface area contributed by atoms with Crippen molar-refractivity contribution in [2.45, 2.75) is 51.3 Å². The third-order valence-electron chi connectivity index (χ3n) is 3.49. The number of carbonyl (C=O) groups excluding carboxylic acids is 1. The van der Waals surface area contributed by atoms with E-state index in [-0.39, 0.29) is 12.1 Å². The zero-order valence-corrected chi connectivity index (χ0v) is 16.3. The number of amides is 1. The molecular weight excluding hydrogens is 366 g/mol. The highest BCUT2D eigenvalue weighted by Gasteiger charge is 2.31. The standard InChI is InChI=1S/C16H24ClN3O4S/c1-16(2,3)24-15(21)19-12-7-11(8-12)18-10-5-6-14(13(17)9-10)20-25(4,22)23/h5-6,9,11-12,18,20H,7-8H2,1-4H3,(H,19,21). The molecule has 0 spiro atoms. The van der Waals surface area contributed by atoms with Crippen molar-refractivity contribution in [2.24, 2.45) is 0 Å². The monoisotopic (exact) mass is 389 g/mol. The van der Waals surface area contributed by atoms with E-state index in [1.807, 2.05) is 20.8 Å². The zero-order valence-electron chi connectivity index (χ0n) is 14.7. The third-order valence-corrected chi connectivity index (χ3v) is 4.40. The molecule has 0 aromatic heterocycles. The van der Waals surface area contributed by atoms with E-state index >= 15 is 0 Å². The van der Waals surface area contributed by atoms with Crippen molar-refractivity contribution in [1.82, 2.24) is 5.32 Å². The second-order valence-corrected chi connectivity index (χ2v) is 9.38. The Morgan fingerprint density at radius 2 is 1.88 bits per heavy atom. The number of rotatable bonds is 5. The minimum atomic E-state index is -3.37. The van der Waals surface area contributed by atoms with Crippen LogP contribution in [-0.4, -0.2) is 38.5 Å². The van der Waals surface area contributed by atoms with Crippen molar-refractivity contribution in [1.29, 1.82) is 0 Å². The Morgan fingerprint density at radius 3 is 2.40 bits per heavy atom. The lowest BCUT2D eigenvalue weighted by Crippen LogP contribution is -2.50. The molecule has 140 valence electrons. The van der Waals surface area contributed by atoms with Crippen molar-refractivity contribution in [3.05, 3.63) is 23.2 Å². The van der Waals surface area contributed by atoms with Crippen molar-refractivity contribution >= 4 is 39.1 Å². The van der Waals surface area contributed by atoms with Crippen LogP contribution in [0.15, 0.2) is 18.2 Å². The van der Waals surface area contributed by atoms with Crippen LogP contribution in [0, 0.1) is 0 Å². The molecule has 0 heterocycles. The van der Waals surface area contributed by atoms with Crippen LogP contribution in [0.5, 0.6) is 0 Å². The van der Waals surface area contributed by atoms with E-state index in [9.17, 15) is 13.2 Å². The minimum Gasteiger partial charge on any atom is -0.444 e. The van der Waals surface area contributed by atoms with Crippen LogP contribution >= 0.6 is 11.6 Å². The zero-order chi connectivity index (χ0) is 18.8. The summed E-state index contributed by atoms with van der Waals surface area (Å²) < 4.78 is 30.1. The minimum absolute atomic E-state index is 0.0778. The number of ether oxygens (including phenoxy) is 1. The molecule has 1 fully saturated rings. The summed E-state index contributed by atoms with van der Waals surface area (Å²) in [6.07, 6.45) is 2.22. The van der Waals surface area contributed by atoms with Gasteiger partial charge >= 0.3 is 6.09 Å². The molecule has 1 aliphatic carbocycles. The Hall–Kier alpha value is -1.67. The average Bonchev–Trinajstić information content (AvgIpc) is 2.35. The summed E-state index contributed by atoms with van der Waals surface area (Å²) in [5, 5.41) is 6.46. The van der Waals surface area contributed by atoms with E-state index in [4.69, 9.17) is 16.3 Å². The molecule has 0 radical (unpaired) electrons. The van der Waals surface area contributed by atoms with Gasteiger partial charge in [0.15, 0.2) is 0 Å². The number of anilines is 2. The molecule has 0 bridgehead atoms. The van der Waals surface area contributed by atoms with Gasteiger partial charge < -0.3 is 15.4 Å². The Kier molecular flexibility index (Phi) is 5.73. The lowest BCUT2D eigenvalue weighted by atomic mass is 9.86. The van der Waals surface area contributed by atoms with Gasteiger partial charge in [0.25, 0.3) is 0 Å². The highest BCUT2D eigenvalue weighted by atomic mass is 35.5. The average molecular weight is 390 g/mol. The highest BCUT2D eigenvalue weighted by Crippen LogP contribution is 2.29. The van der Waals surface area contributed by atoms with Gasteiger partial charge in [0.1, 0.15) is 5.60 Å². The first-order chi connectivity index (χ1) is 11.4. The number of hydrogen-bond acceptors (Lipinski definition) is 5. The van der Waals surface area contributed by atoms with Gasteiger partial charge in [0, 0.05) is 17.8 Å². The Bertz CT molecular complexity index is 740. The highest BCUT2D eigenvalue weighted by molar-refractivity contribution is 7.92. The molecular formula is C16H24ClN3O4S.